The minimum absolute atomic E-state index is 0.306. The molecule has 2 aromatic rings. The fourth-order valence-electron chi connectivity index (χ4n) is 2.35. The van der Waals surface area contributed by atoms with Crippen molar-refractivity contribution in [1.29, 1.82) is 0 Å². The molecule has 0 aliphatic rings. The van der Waals surface area contributed by atoms with Gasteiger partial charge in [0.1, 0.15) is 5.82 Å². The van der Waals surface area contributed by atoms with Gasteiger partial charge in [-0.05, 0) is 43.3 Å². The Morgan fingerprint density at radius 3 is 2.60 bits per heavy atom. The fraction of sp³-hybridized carbons (Fsp3) is 0.125. The predicted octanol–water partition coefficient (Wildman–Crippen LogP) is 5.20. The number of esters is 1. The Morgan fingerprint density at radius 2 is 1.93 bits per heavy atom. The van der Waals surface area contributed by atoms with Gasteiger partial charge in [-0.25, -0.2) is 13.4 Å². The monoisotopic (exact) mass is 423 g/mol. The molecular weight excluding hydrogens is 401 g/mol. The van der Waals surface area contributed by atoms with Crippen molar-refractivity contribution in [1.82, 2.24) is 0 Å². The molecule has 154 valence electrons. The minimum Gasteiger partial charge on any atom is -0.466 e. The highest BCUT2D eigenvalue weighted by Gasteiger charge is 2.09. The number of ether oxygens (including phenoxy) is 1. The van der Waals surface area contributed by atoms with Gasteiger partial charge in [0.25, 0.3) is 0 Å². The molecular formula is C24H22FNO3S. The van der Waals surface area contributed by atoms with E-state index >= 15 is 0 Å². The van der Waals surface area contributed by atoms with Gasteiger partial charge < -0.3 is 4.74 Å². The molecule has 2 rings (SSSR count). The van der Waals surface area contributed by atoms with Gasteiger partial charge in [0.15, 0.2) is 0 Å². The van der Waals surface area contributed by atoms with Gasteiger partial charge in [-0.3, -0.25) is 0 Å². The molecule has 0 saturated heterocycles. The van der Waals surface area contributed by atoms with E-state index in [2.05, 4.69) is 27.5 Å². The van der Waals surface area contributed by atoms with Crippen LogP contribution in [0.2, 0.25) is 0 Å². The van der Waals surface area contributed by atoms with Gasteiger partial charge in [-0.1, -0.05) is 48.8 Å². The van der Waals surface area contributed by atoms with Crippen LogP contribution in [0.4, 0.5) is 10.1 Å². The van der Waals surface area contributed by atoms with Gasteiger partial charge in [0, 0.05) is 17.4 Å². The first-order valence-corrected chi connectivity index (χ1v) is 10.9. The van der Waals surface area contributed by atoms with E-state index in [1.165, 1.54) is 31.6 Å². The van der Waals surface area contributed by atoms with Crippen LogP contribution >= 0.6 is 0 Å². The van der Waals surface area contributed by atoms with Crippen molar-refractivity contribution < 1.29 is 18.1 Å². The van der Waals surface area contributed by atoms with Crippen LogP contribution in [0, 0.1) is 17.7 Å². The summed E-state index contributed by atoms with van der Waals surface area (Å²) in [7, 11) is -1.55. The van der Waals surface area contributed by atoms with E-state index in [-0.39, 0.29) is 0 Å². The summed E-state index contributed by atoms with van der Waals surface area (Å²) in [6, 6.07) is 12.6. The van der Waals surface area contributed by atoms with E-state index < -0.39 is 21.5 Å². The summed E-state index contributed by atoms with van der Waals surface area (Å²) in [5.41, 5.74) is 2.00. The minimum atomic E-state index is -2.86. The number of carbonyl (C=O) groups excluding carboxylic acids is 1. The summed E-state index contributed by atoms with van der Waals surface area (Å²) in [6.07, 6.45) is 6.27. The molecule has 0 saturated carbocycles. The maximum atomic E-state index is 13.5. The van der Waals surface area contributed by atoms with Crippen LogP contribution in [0.1, 0.15) is 12.5 Å². The quantitative estimate of drug-likeness (QED) is 0.288. The Hall–Kier alpha value is -3.43. The maximum Gasteiger partial charge on any atom is 0.333 e. The number of halogens is 1. The first-order chi connectivity index (χ1) is 14.3. The number of methoxy groups -OCH3 is 1. The van der Waals surface area contributed by atoms with E-state index in [1.807, 2.05) is 0 Å². The van der Waals surface area contributed by atoms with E-state index in [0.717, 1.165) is 0 Å². The number of allylic oxidation sites excluding steroid dienone is 4. The van der Waals surface area contributed by atoms with Crippen molar-refractivity contribution in [2.75, 3.05) is 13.4 Å². The van der Waals surface area contributed by atoms with Crippen LogP contribution in [0.15, 0.2) is 93.7 Å². The van der Waals surface area contributed by atoms with E-state index in [9.17, 15) is 13.4 Å². The van der Waals surface area contributed by atoms with E-state index in [4.69, 9.17) is 0 Å². The lowest BCUT2D eigenvalue weighted by Gasteiger charge is -2.06. The van der Waals surface area contributed by atoms with Crippen molar-refractivity contribution >= 4 is 21.4 Å². The van der Waals surface area contributed by atoms with Crippen molar-refractivity contribution in [3.8, 4) is 11.8 Å². The number of hydrogen-bond acceptors (Lipinski definition) is 4. The van der Waals surface area contributed by atoms with Crippen LogP contribution in [0.3, 0.4) is 0 Å². The second-order valence-electron chi connectivity index (χ2n) is 6.29. The predicted molar refractivity (Wildman–Crippen MR) is 118 cm³/mol. The van der Waals surface area contributed by atoms with Gasteiger partial charge in [0.05, 0.1) is 33.0 Å². The standard InChI is InChI=1S/C24H22FNO3S/c1-5-19(14-13-18(2)24(27)29-3)15-16-20-9-6-7-12-23(20)26-30(4,28)22-11-8-10-21(25)17-22/h5-14,17H,1H2,2-4H3/b18-13+,19-14+. The number of benzene rings is 2. The zero-order valence-electron chi connectivity index (χ0n) is 17.0. The van der Waals surface area contributed by atoms with Crippen LogP contribution < -0.4 is 0 Å². The third-order valence-corrected chi connectivity index (χ3v) is 5.67. The molecule has 0 aliphatic carbocycles. The molecule has 0 aliphatic heterocycles. The van der Waals surface area contributed by atoms with Gasteiger partial charge in [0.2, 0.25) is 0 Å². The summed E-state index contributed by atoms with van der Waals surface area (Å²) in [4.78, 5) is 11.8. The molecule has 0 bridgehead atoms. The molecule has 4 nitrogen and oxygen atoms in total. The topological polar surface area (TPSA) is 55.7 Å². The molecule has 0 spiro atoms. The molecule has 0 aromatic heterocycles. The van der Waals surface area contributed by atoms with Gasteiger partial charge >= 0.3 is 5.97 Å². The largest absolute Gasteiger partial charge is 0.466 e. The number of hydrogen-bond donors (Lipinski definition) is 0. The van der Waals surface area contributed by atoms with Crippen LogP contribution in [-0.2, 0) is 19.3 Å². The Balaban J connectivity index is 2.45. The number of rotatable bonds is 5. The zero-order chi connectivity index (χ0) is 22.1. The van der Waals surface area contributed by atoms with Crippen molar-refractivity contribution in [3.05, 3.63) is 95.9 Å². The first kappa shape index (κ1) is 22.9. The molecule has 0 radical (unpaired) electrons. The Kier molecular flexibility index (Phi) is 7.90. The van der Waals surface area contributed by atoms with Crippen molar-refractivity contribution in [2.24, 2.45) is 4.36 Å². The van der Waals surface area contributed by atoms with E-state index in [1.54, 1.807) is 55.5 Å². The SMILES string of the molecule is C=C/C(C#Cc1ccccc1N=S(C)(=O)c1cccc(F)c1)=C\C=C(/C)C(=O)OC. The Bertz CT molecular complexity index is 1210. The van der Waals surface area contributed by atoms with Crippen LogP contribution in [0.25, 0.3) is 0 Å². The molecule has 0 N–H and O–H groups in total. The molecule has 2 aromatic carbocycles. The van der Waals surface area contributed by atoms with Crippen LogP contribution in [0.5, 0.6) is 0 Å². The average molecular weight is 424 g/mol. The maximum absolute atomic E-state index is 13.5. The Morgan fingerprint density at radius 1 is 1.20 bits per heavy atom. The average Bonchev–Trinajstić information content (AvgIpc) is 2.73. The molecule has 1 atom stereocenters. The lowest BCUT2D eigenvalue weighted by Crippen LogP contribution is -2.00. The lowest BCUT2D eigenvalue weighted by atomic mass is 10.1. The van der Waals surface area contributed by atoms with Crippen LogP contribution in [-0.4, -0.2) is 23.5 Å². The normalized spacial score (nSPS) is 13.5. The molecule has 30 heavy (non-hydrogen) atoms. The highest BCUT2D eigenvalue weighted by Crippen LogP contribution is 2.23. The highest BCUT2D eigenvalue weighted by molar-refractivity contribution is 7.93. The summed E-state index contributed by atoms with van der Waals surface area (Å²) >= 11 is 0. The number of carbonyl (C=O) groups is 1. The summed E-state index contributed by atoms with van der Waals surface area (Å²) < 4.78 is 35.6. The molecule has 0 amide bonds. The third-order valence-electron chi connectivity index (χ3n) is 3.99. The molecule has 1 unspecified atom stereocenters. The summed E-state index contributed by atoms with van der Waals surface area (Å²) in [5, 5.41) is 0. The highest BCUT2D eigenvalue weighted by atomic mass is 32.2. The summed E-state index contributed by atoms with van der Waals surface area (Å²) in [5.74, 6) is 5.05. The van der Waals surface area contributed by atoms with Crippen molar-refractivity contribution in [3.63, 3.8) is 0 Å². The molecule has 0 fully saturated rings. The first-order valence-electron chi connectivity index (χ1n) is 8.95. The zero-order valence-corrected chi connectivity index (χ0v) is 17.8. The molecule has 0 heterocycles. The fourth-order valence-corrected chi connectivity index (χ4v) is 3.65. The lowest BCUT2D eigenvalue weighted by molar-refractivity contribution is -0.136. The van der Waals surface area contributed by atoms with Gasteiger partial charge in [-0.15, -0.1) is 0 Å². The number of nitrogens with zero attached hydrogens (tertiary/aromatic N) is 1. The third kappa shape index (κ3) is 6.29. The van der Waals surface area contributed by atoms with Crippen molar-refractivity contribution in [2.45, 2.75) is 11.8 Å². The Labute approximate surface area is 177 Å². The van der Waals surface area contributed by atoms with Gasteiger partial charge in [-0.2, -0.15) is 4.36 Å². The second kappa shape index (κ2) is 10.4. The second-order valence-corrected chi connectivity index (χ2v) is 8.54. The molecule has 6 heteroatoms. The van der Waals surface area contributed by atoms with E-state index in [0.29, 0.717) is 27.3 Å². The smallest absolute Gasteiger partial charge is 0.333 e. The summed E-state index contributed by atoms with van der Waals surface area (Å²) in [6.45, 7) is 5.36.